The predicted molar refractivity (Wildman–Crippen MR) is 74.6 cm³/mol. The quantitative estimate of drug-likeness (QED) is 0.602. The van der Waals surface area contributed by atoms with Gasteiger partial charge in [0.05, 0.1) is 6.33 Å². The summed E-state index contributed by atoms with van der Waals surface area (Å²) >= 11 is 3.38. The van der Waals surface area contributed by atoms with Crippen LogP contribution in [0.1, 0.15) is 29.6 Å². The lowest BCUT2D eigenvalue weighted by Crippen LogP contribution is -2.00. The van der Waals surface area contributed by atoms with Crippen molar-refractivity contribution in [3.63, 3.8) is 0 Å². The molecule has 94 valence electrons. The average Bonchev–Trinajstić information content (AvgIpc) is 2.87. The number of unbranched alkanes of at least 4 members (excludes halogenated alkanes) is 1. The van der Waals surface area contributed by atoms with Crippen LogP contribution in [0.25, 0.3) is 0 Å². The van der Waals surface area contributed by atoms with E-state index < -0.39 is 0 Å². The summed E-state index contributed by atoms with van der Waals surface area (Å²) in [4.78, 5) is 15.9. The second-order valence-corrected chi connectivity index (χ2v) is 5.11. The van der Waals surface area contributed by atoms with Gasteiger partial charge in [-0.05, 0) is 25.0 Å². The van der Waals surface area contributed by atoms with E-state index in [4.69, 9.17) is 0 Å². The third-order valence-electron chi connectivity index (χ3n) is 2.78. The van der Waals surface area contributed by atoms with Crippen molar-refractivity contribution in [1.29, 1.82) is 0 Å². The van der Waals surface area contributed by atoms with Gasteiger partial charge in [-0.15, -0.1) is 0 Å². The first-order valence-electron chi connectivity index (χ1n) is 6.00. The number of Topliss-reactive ketones (excluding diaryl/α,β-unsaturated/α-hetero) is 1. The molecule has 0 saturated heterocycles. The molecule has 2 aromatic rings. The fourth-order valence-corrected chi connectivity index (χ4v) is 2.20. The number of hydrogen-bond donors (Lipinski definition) is 0. The zero-order valence-corrected chi connectivity index (χ0v) is 11.6. The minimum Gasteiger partial charge on any atom is -0.337 e. The highest BCUT2D eigenvalue weighted by Gasteiger charge is 2.05. The summed E-state index contributed by atoms with van der Waals surface area (Å²) in [5.74, 6) is 0.210. The molecule has 2 rings (SSSR count). The second-order valence-electron chi connectivity index (χ2n) is 4.19. The maximum Gasteiger partial charge on any atom is 0.162 e. The number of aryl methyl sites for hydroxylation is 1. The van der Waals surface area contributed by atoms with Gasteiger partial charge in [-0.1, -0.05) is 28.1 Å². The summed E-state index contributed by atoms with van der Waals surface area (Å²) < 4.78 is 2.98. The highest BCUT2D eigenvalue weighted by Crippen LogP contribution is 2.14. The fraction of sp³-hybridized carbons (Fsp3) is 0.286. The lowest BCUT2D eigenvalue weighted by molar-refractivity contribution is 0.0979. The Bertz CT molecular complexity index is 508. The number of benzene rings is 1. The zero-order chi connectivity index (χ0) is 12.8. The highest BCUT2D eigenvalue weighted by atomic mass is 79.9. The summed E-state index contributed by atoms with van der Waals surface area (Å²) in [5, 5.41) is 0. The number of carbonyl (C=O) groups excluding carboxylic acids is 1. The number of aromatic nitrogens is 2. The van der Waals surface area contributed by atoms with E-state index in [2.05, 4.69) is 20.9 Å². The summed E-state index contributed by atoms with van der Waals surface area (Å²) in [5.41, 5.74) is 0.784. The summed E-state index contributed by atoms with van der Waals surface area (Å²) in [6.45, 7) is 0.922. The van der Waals surface area contributed by atoms with Crippen LogP contribution >= 0.6 is 15.9 Å². The molecular weight excluding hydrogens is 292 g/mol. The van der Waals surface area contributed by atoms with Gasteiger partial charge in [0.1, 0.15) is 0 Å². The average molecular weight is 307 g/mol. The van der Waals surface area contributed by atoms with E-state index >= 15 is 0 Å². The van der Waals surface area contributed by atoms with Crippen LogP contribution in [-0.2, 0) is 6.54 Å². The van der Waals surface area contributed by atoms with Crippen LogP contribution in [-0.4, -0.2) is 15.3 Å². The van der Waals surface area contributed by atoms with Gasteiger partial charge in [0.2, 0.25) is 0 Å². The predicted octanol–water partition coefficient (Wildman–Crippen LogP) is 3.70. The maximum absolute atomic E-state index is 11.9. The normalized spacial score (nSPS) is 10.5. The van der Waals surface area contributed by atoms with Crippen LogP contribution in [0.3, 0.4) is 0 Å². The van der Waals surface area contributed by atoms with Crippen molar-refractivity contribution in [2.75, 3.05) is 0 Å². The molecule has 0 unspecified atom stereocenters. The molecule has 1 aromatic carbocycles. The van der Waals surface area contributed by atoms with E-state index in [1.54, 1.807) is 12.5 Å². The molecule has 18 heavy (non-hydrogen) atoms. The van der Waals surface area contributed by atoms with Gasteiger partial charge in [0.25, 0.3) is 0 Å². The first-order chi connectivity index (χ1) is 8.75. The van der Waals surface area contributed by atoms with Gasteiger partial charge < -0.3 is 4.57 Å². The van der Waals surface area contributed by atoms with Crippen LogP contribution in [0.4, 0.5) is 0 Å². The number of imidazole rings is 1. The van der Waals surface area contributed by atoms with Crippen LogP contribution in [0.2, 0.25) is 0 Å². The lowest BCUT2D eigenvalue weighted by atomic mass is 10.1. The van der Waals surface area contributed by atoms with Crippen molar-refractivity contribution < 1.29 is 4.79 Å². The molecule has 0 aliphatic rings. The van der Waals surface area contributed by atoms with Gasteiger partial charge in [0, 0.05) is 35.4 Å². The molecule has 3 nitrogen and oxygen atoms in total. The van der Waals surface area contributed by atoms with Crippen LogP contribution < -0.4 is 0 Å². The molecule has 0 atom stereocenters. The van der Waals surface area contributed by atoms with Crippen molar-refractivity contribution in [3.05, 3.63) is 53.0 Å². The molecule has 0 spiro atoms. The molecule has 0 radical (unpaired) electrons. The summed E-state index contributed by atoms with van der Waals surface area (Å²) in [6.07, 6.45) is 8.02. The first-order valence-corrected chi connectivity index (χ1v) is 6.79. The molecule has 0 fully saturated rings. The number of rotatable bonds is 6. The Morgan fingerprint density at radius 2 is 2.22 bits per heavy atom. The molecule has 0 N–H and O–H groups in total. The van der Waals surface area contributed by atoms with Crippen LogP contribution in [0.15, 0.2) is 47.5 Å². The molecule has 0 bridgehead atoms. The Hall–Kier alpha value is -1.42. The number of halogens is 1. The van der Waals surface area contributed by atoms with Crippen molar-refractivity contribution in [3.8, 4) is 0 Å². The fourth-order valence-electron chi connectivity index (χ4n) is 1.81. The molecule has 4 heteroatoms. The Kier molecular flexibility index (Phi) is 4.70. The minimum absolute atomic E-state index is 0.210. The minimum atomic E-state index is 0.210. The SMILES string of the molecule is O=C(CCCCn1ccnc1)c1cccc(Br)c1. The molecule has 0 aliphatic heterocycles. The summed E-state index contributed by atoms with van der Waals surface area (Å²) in [7, 11) is 0. The topological polar surface area (TPSA) is 34.9 Å². The van der Waals surface area contributed by atoms with Gasteiger partial charge >= 0.3 is 0 Å². The van der Waals surface area contributed by atoms with Gasteiger partial charge in [0.15, 0.2) is 5.78 Å². The number of ketones is 1. The molecule has 0 saturated carbocycles. The monoisotopic (exact) mass is 306 g/mol. The van der Waals surface area contributed by atoms with E-state index in [1.165, 1.54) is 0 Å². The maximum atomic E-state index is 11.9. The van der Waals surface area contributed by atoms with Crippen LogP contribution in [0.5, 0.6) is 0 Å². The van der Waals surface area contributed by atoms with Crippen molar-refractivity contribution >= 4 is 21.7 Å². The Morgan fingerprint density at radius 1 is 1.33 bits per heavy atom. The number of nitrogens with zero attached hydrogens (tertiary/aromatic N) is 2. The van der Waals surface area contributed by atoms with Gasteiger partial charge in [-0.3, -0.25) is 4.79 Å². The summed E-state index contributed by atoms with van der Waals surface area (Å²) in [6, 6.07) is 7.56. The first kappa shape index (κ1) is 13.0. The molecule has 1 heterocycles. The Balaban J connectivity index is 1.75. The third kappa shape index (κ3) is 3.81. The largest absolute Gasteiger partial charge is 0.337 e. The van der Waals surface area contributed by atoms with Crippen molar-refractivity contribution in [2.45, 2.75) is 25.8 Å². The number of hydrogen-bond acceptors (Lipinski definition) is 2. The zero-order valence-electron chi connectivity index (χ0n) is 10.1. The van der Waals surface area contributed by atoms with E-state index in [0.29, 0.717) is 6.42 Å². The van der Waals surface area contributed by atoms with Crippen LogP contribution in [0, 0.1) is 0 Å². The Labute approximate surface area is 115 Å². The molecule has 0 amide bonds. The molecule has 1 aromatic heterocycles. The Morgan fingerprint density at radius 3 is 2.94 bits per heavy atom. The standard InChI is InChI=1S/C14H15BrN2O/c15-13-5-3-4-12(10-13)14(18)6-1-2-8-17-9-7-16-11-17/h3-5,7,9-11H,1-2,6,8H2. The lowest BCUT2D eigenvalue weighted by Gasteiger charge is -2.03. The smallest absolute Gasteiger partial charge is 0.162 e. The van der Waals surface area contributed by atoms with Gasteiger partial charge in [-0.25, -0.2) is 4.98 Å². The van der Waals surface area contributed by atoms with E-state index in [9.17, 15) is 4.79 Å². The van der Waals surface area contributed by atoms with Crippen molar-refractivity contribution in [1.82, 2.24) is 9.55 Å². The van der Waals surface area contributed by atoms with Gasteiger partial charge in [-0.2, -0.15) is 0 Å². The van der Waals surface area contributed by atoms with Crippen molar-refractivity contribution in [2.24, 2.45) is 0 Å². The third-order valence-corrected chi connectivity index (χ3v) is 3.27. The highest BCUT2D eigenvalue weighted by molar-refractivity contribution is 9.10. The van der Waals surface area contributed by atoms with E-state index in [1.807, 2.05) is 35.0 Å². The van der Waals surface area contributed by atoms with E-state index in [0.717, 1.165) is 29.4 Å². The second kappa shape index (κ2) is 6.50. The molecule has 0 aliphatic carbocycles. The number of carbonyl (C=O) groups is 1. The van der Waals surface area contributed by atoms with E-state index in [-0.39, 0.29) is 5.78 Å². The molecular formula is C14H15BrN2O.